The van der Waals surface area contributed by atoms with Crippen molar-refractivity contribution >= 4 is 34.7 Å². The predicted octanol–water partition coefficient (Wildman–Crippen LogP) is 6.86. The van der Waals surface area contributed by atoms with Crippen LogP contribution in [0.1, 0.15) is 54.5 Å². The van der Waals surface area contributed by atoms with Crippen LogP contribution < -0.4 is 9.64 Å². The number of aryl methyl sites for hydroxylation is 2. The van der Waals surface area contributed by atoms with E-state index in [0.717, 1.165) is 30.4 Å². The van der Waals surface area contributed by atoms with Crippen LogP contribution >= 0.6 is 11.6 Å². The number of carbonyl (C=O) groups excluding carboxylic acids is 2. The Kier molecular flexibility index (Phi) is 7.89. The third-order valence-electron chi connectivity index (χ3n) is 6.36. The minimum Gasteiger partial charge on any atom is -0.507 e. The molecule has 7 heteroatoms. The molecule has 1 saturated heterocycles. The number of hydrogen-bond acceptors (Lipinski definition) is 5. The summed E-state index contributed by atoms with van der Waals surface area (Å²) in [7, 11) is 0. The van der Waals surface area contributed by atoms with Gasteiger partial charge in [0.05, 0.1) is 23.2 Å². The highest BCUT2D eigenvalue weighted by Gasteiger charge is 2.47. The van der Waals surface area contributed by atoms with Crippen molar-refractivity contribution in [3.05, 3.63) is 93.5 Å². The Morgan fingerprint density at radius 3 is 2.27 bits per heavy atom. The predicted molar refractivity (Wildman–Crippen MR) is 145 cm³/mol. The molecule has 0 radical (unpaired) electrons. The number of carbonyl (C=O) groups is 2. The molecule has 1 amide bonds. The molecule has 1 fully saturated rings. The van der Waals surface area contributed by atoms with E-state index in [1.54, 1.807) is 30.3 Å². The third-order valence-corrected chi connectivity index (χ3v) is 6.66. The molecule has 0 spiro atoms. The van der Waals surface area contributed by atoms with Gasteiger partial charge in [-0.2, -0.15) is 0 Å². The number of aliphatic hydroxyl groups excluding tert-OH is 1. The lowest BCUT2D eigenvalue weighted by Crippen LogP contribution is -2.29. The molecule has 1 heterocycles. The van der Waals surface area contributed by atoms with Crippen LogP contribution in [0.25, 0.3) is 5.76 Å². The van der Waals surface area contributed by atoms with Gasteiger partial charge in [-0.1, -0.05) is 43.5 Å². The van der Waals surface area contributed by atoms with E-state index in [4.69, 9.17) is 16.3 Å². The highest BCUT2D eigenvalue weighted by molar-refractivity contribution is 6.51. The van der Waals surface area contributed by atoms with E-state index in [9.17, 15) is 19.8 Å². The van der Waals surface area contributed by atoms with Gasteiger partial charge in [-0.15, -0.1) is 0 Å². The normalized spacial score (nSPS) is 16.9. The van der Waals surface area contributed by atoms with Crippen molar-refractivity contribution in [2.75, 3.05) is 11.5 Å². The van der Waals surface area contributed by atoms with Gasteiger partial charge in [0.2, 0.25) is 0 Å². The second-order valence-electron chi connectivity index (χ2n) is 9.31. The number of anilines is 1. The lowest BCUT2D eigenvalue weighted by molar-refractivity contribution is -0.132. The Labute approximate surface area is 221 Å². The standard InChI is InChI=1S/C30H30ClNO5/c1-4-5-6-13-37-23-10-7-20(8-11-23)28(34)26-27(21-9-12-25(33)24(31)17-21)32(30(36)29(26)35)22-15-18(2)14-19(3)16-22/h7-12,14-17,27,33-34H,4-6,13H2,1-3H3/b28-26-. The van der Waals surface area contributed by atoms with Crippen molar-refractivity contribution in [3.8, 4) is 11.5 Å². The maximum Gasteiger partial charge on any atom is 0.300 e. The molecule has 2 N–H and O–H groups in total. The molecule has 3 aromatic rings. The van der Waals surface area contributed by atoms with Crippen molar-refractivity contribution in [2.45, 2.75) is 46.1 Å². The number of amides is 1. The number of rotatable bonds is 8. The SMILES string of the molecule is CCCCCOc1ccc(/C(O)=C2/C(=O)C(=O)N(c3cc(C)cc(C)c3)C2c2ccc(O)c(Cl)c2)cc1. The first kappa shape index (κ1) is 26.3. The molecular formula is C30H30ClNO5. The Balaban J connectivity index is 1.80. The molecule has 0 saturated carbocycles. The molecule has 192 valence electrons. The summed E-state index contributed by atoms with van der Waals surface area (Å²) >= 11 is 6.20. The first-order valence-corrected chi connectivity index (χ1v) is 12.7. The van der Waals surface area contributed by atoms with Crippen LogP contribution in [0, 0.1) is 13.8 Å². The first-order chi connectivity index (χ1) is 17.7. The highest BCUT2D eigenvalue weighted by atomic mass is 35.5. The fraction of sp³-hybridized carbons (Fsp3) is 0.267. The maximum atomic E-state index is 13.4. The van der Waals surface area contributed by atoms with Crippen LogP contribution in [0.2, 0.25) is 5.02 Å². The number of phenolic OH excluding ortho intramolecular Hbond substituents is 1. The van der Waals surface area contributed by atoms with E-state index in [0.29, 0.717) is 29.2 Å². The molecule has 1 aliphatic rings. The molecule has 37 heavy (non-hydrogen) atoms. The van der Waals surface area contributed by atoms with Gasteiger partial charge in [-0.25, -0.2) is 0 Å². The van der Waals surface area contributed by atoms with Gasteiger partial charge in [-0.05, 0) is 85.5 Å². The van der Waals surface area contributed by atoms with Gasteiger partial charge >= 0.3 is 0 Å². The quantitative estimate of drug-likeness (QED) is 0.147. The van der Waals surface area contributed by atoms with Crippen molar-refractivity contribution in [3.63, 3.8) is 0 Å². The van der Waals surface area contributed by atoms with E-state index >= 15 is 0 Å². The molecule has 6 nitrogen and oxygen atoms in total. The number of halogens is 1. The second-order valence-corrected chi connectivity index (χ2v) is 9.71. The molecule has 0 bridgehead atoms. The van der Waals surface area contributed by atoms with Crippen LogP contribution in [-0.2, 0) is 9.59 Å². The van der Waals surface area contributed by atoms with E-state index in [1.807, 2.05) is 32.0 Å². The number of hydrogen-bond donors (Lipinski definition) is 2. The monoisotopic (exact) mass is 519 g/mol. The average molecular weight is 520 g/mol. The fourth-order valence-electron chi connectivity index (χ4n) is 4.60. The Hall–Kier alpha value is -3.77. The van der Waals surface area contributed by atoms with E-state index in [1.165, 1.54) is 17.0 Å². The van der Waals surface area contributed by atoms with Crippen LogP contribution in [0.15, 0.2) is 66.2 Å². The zero-order chi connectivity index (χ0) is 26.7. The molecule has 1 atom stereocenters. The van der Waals surface area contributed by atoms with Crippen molar-refractivity contribution in [1.29, 1.82) is 0 Å². The van der Waals surface area contributed by atoms with Gasteiger partial charge in [0, 0.05) is 11.3 Å². The summed E-state index contributed by atoms with van der Waals surface area (Å²) in [5.41, 5.74) is 3.20. The molecule has 4 rings (SSSR count). The average Bonchev–Trinajstić information content (AvgIpc) is 3.13. The minimum absolute atomic E-state index is 0.0532. The number of benzene rings is 3. The summed E-state index contributed by atoms with van der Waals surface area (Å²) < 4.78 is 5.75. The van der Waals surface area contributed by atoms with E-state index < -0.39 is 17.7 Å². The molecule has 3 aromatic carbocycles. The zero-order valence-electron chi connectivity index (χ0n) is 21.1. The third kappa shape index (κ3) is 5.49. The van der Waals surface area contributed by atoms with Gasteiger partial charge in [0.25, 0.3) is 11.7 Å². The van der Waals surface area contributed by atoms with Crippen molar-refractivity contribution in [1.82, 2.24) is 0 Å². The summed E-state index contributed by atoms with van der Waals surface area (Å²) in [6.07, 6.45) is 3.14. The molecule has 0 aromatic heterocycles. The van der Waals surface area contributed by atoms with Gasteiger partial charge in [0.1, 0.15) is 17.3 Å². The topological polar surface area (TPSA) is 87.1 Å². The Bertz CT molecular complexity index is 1340. The smallest absolute Gasteiger partial charge is 0.300 e. The van der Waals surface area contributed by atoms with Crippen molar-refractivity contribution < 1.29 is 24.5 Å². The fourth-order valence-corrected chi connectivity index (χ4v) is 4.79. The van der Waals surface area contributed by atoms with Gasteiger partial charge in [0.15, 0.2) is 0 Å². The van der Waals surface area contributed by atoms with Gasteiger partial charge < -0.3 is 14.9 Å². The number of nitrogens with zero attached hydrogens (tertiary/aromatic N) is 1. The minimum atomic E-state index is -0.940. The molecule has 1 unspecified atom stereocenters. The zero-order valence-corrected chi connectivity index (χ0v) is 21.9. The van der Waals surface area contributed by atoms with Crippen LogP contribution in [-0.4, -0.2) is 28.5 Å². The summed E-state index contributed by atoms with van der Waals surface area (Å²) in [6, 6.07) is 16.0. The number of aliphatic hydroxyl groups is 1. The number of phenols is 1. The lowest BCUT2D eigenvalue weighted by atomic mass is 9.95. The molecular weight excluding hydrogens is 490 g/mol. The second kappa shape index (κ2) is 11.1. The number of aromatic hydroxyl groups is 1. The summed E-state index contributed by atoms with van der Waals surface area (Å²) in [4.78, 5) is 28.1. The summed E-state index contributed by atoms with van der Waals surface area (Å²) in [5, 5.41) is 21.4. The first-order valence-electron chi connectivity index (χ1n) is 12.3. The van der Waals surface area contributed by atoms with Crippen LogP contribution in [0.4, 0.5) is 5.69 Å². The number of ketones is 1. The highest BCUT2D eigenvalue weighted by Crippen LogP contribution is 2.44. The molecule has 0 aliphatic carbocycles. The molecule has 1 aliphatic heterocycles. The number of Topliss-reactive ketones (excluding diaryl/α,β-unsaturated/α-hetero) is 1. The summed E-state index contributed by atoms with van der Waals surface area (Å²) in [6.45, 7) is 6.54. The number of ether oxygens (including phenoxy) is 1. The Morgan fingerprint density at radius 2 is 1.65 bits per heavy atom. The van der Waals surface area contributed by atoms with Crippen LogP contribution in [0.5, 0.6) is 11.5 Å². The lowest BCUT2D eigenvalue weighted by Gasteiger charge is -2.26. The number of unbranched alkanes of at least 4 members (excludes halogenated alkanes) is 2. The van der Waals surface area contributed by atoms with Crippen LogP contribution in [0.3, 0.4) is 0 Å². The largest absolute Gasteiger partial charge is 0.507 e. The van der Waals surface area contributed by atoms with E-state index in [-0.39, 0.29) is 22.1 Å². The van der Waals surface area contributed by atoms with Gasteiger partial charge in [-0.3, -0.25) is 14.5 Å². The Morgan fingerprint density at radius 1 is 0.973 bits per heavy atom. The summed E-state index contributed by atoms with van der Waals surface area (Å²) in [5.74, 6) is -1.31. The van der Waals surface area contributed by atoms with Crippen molar-refractivity contribution in [2.24, 2.45) is 0 Å². The maximum absolute atomic E-state index is 13.4. The van der Waals surface area contributed by atoms with E-state index in [2.05, 4.69) is 6.92 Å².